The number of benzene rings is 1. The summed E-state index contributed by atoms with van der Waals surface area (Å²) in [6.07, 6.45) is 0. The Labute approximate surface area is 131 Å². The second-order valence-corrected chi connectivity index (χ2v) is 5.83. The molecule has 8 heteroatoms. The van der Waals surface area contributed by atoms with E-state index in [-0.39, 0.29) is 5.25 Å². The maximum absolute atomic E-state index is 5.65. The van der Waals surface area contributed by atoms with Crippen LogP contribution in [0.1, 0.15) is 23.9 Å². The number of rotatable bonds is 5. The number of thioether (sulfide) groups is 1. The first kappa shape index (κ1) is 14.6. The Morgan fingerprint density at radius 1 is 1.18 bits per heavy atom. The lowest BCUT2D eigenvalue weighted by molar-refractivity contribution is 0.375. The standard InChI is InChI=1S/C14H14N4O3S/c1-8(12-15-9(2)18-21-12)22-14-17-16-13(20-14)10-4-6-11(19-3)7-5-10/h4-8H,1-3H3. The highest BCUT2D eigenvalue weighted by Crippen LogP contribution is 2.34. The van der Waals surface area contributed by atoms with E-state index in [0.29, 0.717) is 22.8 Å². The molecule has 2 aromatic heterocycles. The molecule has 0 N–H and O–H groups in total. The van der Waals surface area contributed by atoms with Crippen molar-refractivity contribution in [3.8, 4) is 17.2 Å². The van der Waals surface area contributed by atoms with Crippen LogP contribution in [0.5, 0.6) is 5.75 Å². The van der Waals surface area contributed by atoms with E-state index in [9.17, 15) is 0 Å². The van der Waals surface area contributed by atoms with Crippen LogP contribution in [0.15, 0.2) is 38.4 Å². The van der Waals surface area contributed by atoms with Crippen LogP contribution in [0.4, 0.5) is 0 Å². The van der Waals surface area contributed by atoms with Crippen LogP contribution < -0.4 is 4.74 Å². The fourth-order valence-corrected chi connectivity index (χ4v) is 2.50. The summed E-state index contributed by atoms with van der Waals surface area (Å²) in [6, 6.07) is 7.42. The van der Waals surface area contributed by atoms with Gasteiger partial charge in [-0.15, -0.1) is 10.2 Å². The molecule has 0 aliphatic carbocycles. The minimum atomic E-state index is -0.0645. The second kappa shape index (κ2) is 6.18. The van der Waals surface area contributed by atoms with Gasteiger partial charge >= 0.3 is 0 Å². The Morgan fingerprint density at radius 3 is 2.59 bits per heavy atom. The summed E-state index contributed by atoms with van der Waals surface area (Å²) in [4.78, 5) is 4.19. The predicted octanol–water partition coefficient (Wildman–Crippen LogP) is 3.29. The van der Waals surface area contributed by atoms with Gasteiger partial charge in [0.2, 0.25) is 11.8 Å². The number of hydrogen-bond acceptors (Lipinski definition) is 8. The van der Waals surface area contributed by atoms with Crippen molar-refractivity contribution in [3.63, 3.8) is 0 Å². The second-order valence-electron chi connectivity index (χ2n) is 4.54. The van der Waals surface area contributed by atoms with Crippen LogP contribution in [-0.2, 0) is 0 Å². The van der Waals surface area contributed by atoms with Crippen molar-refractivity contribution in [2.75, 3.05) is 7.11 Å². The van der Waals surface area contributed by atoms with Crippen molar-refractivity contribution in [2.45, 2.75) is 24.3 Å². The van der Waals surface area contributed by atoms with Crippen LogP contribution >= 0.6 is 11.8 Å². The normalized spacial score (nSPS) is 12.3. The Morgan fingerprint density at radius 2 is 1.95 bits per heavy atom. The summed E-state index contributed by atoms with van der Waals surface area (Å²) >= 11 is 1.37. The molecule has 0 fully saturated rings. The molecule has 2 heterocycles. The monoisotopic (exact) mass is 318 g/mol. The number of nitrogens with zero attached hydrogens (tertiary/aromatic N) is 4. The zero-order chi connectivity index (χ0) is 15.5. The van der Waals surface area contributed by atoms with Gasteiger partial charge in [0, 0.05) is 5.56 Å². The van der Waals surface area contributed by atoms with Crippen LogP contribution in [0.3, 0.4) is 0 Å². The molecular weight excluding hydrogens is 304 g/mol. The zero-order valence-electron chi connectivity index (χ0n) is 12.3. The van der Waals surface area contributed by atoms with Gasteiger partial charge in [-0.3, -0.25) is 0 Å². The molecule has 0 bridgehead atoms. The molecule has 1 unspecified atom stereocenters. The van der Waals surface area contributed by atoms with Gasteiger partial charge in [-0.2, -0.15) is 4.98 Å². The number of methoxy groups -OCH3 is 1. The van der Waals surface area contributed by atoms with Crippen molar-refractivity contribution < 1.29 is 13.7 Å². The molecule has 3 rings (SSSR count). The van der Waals surface area contributed by atoms with Crippen molar-refractivity contribution in [1.82, 2.24) is 20.3 Å². The van der Waals surface area contributed by atoms with Gasteiger partial charge in [0.05, 0.1) is 12.4 Å². The molecule has 7 nitrogen and oxygen atoms in total. The Bertz CT molecular complexity index is 754. The molecule has 0 saturated carbocycles. The van der Waals surface area contributed by atoms with E-state index in [2.05, 4.69) is 20.3 Å². The summed E-state index contributed by atoms with van der Waals surface area (Å²) in [5.74, 6) is 2.37. The summed E-state index contributed by atoms with van der Waals surface area (Å²) < 4.78 is 15.9. The van der Waals surface area contributed by atoms with Crippen LogP contribution in [-0.4, -0.2) is 27.4 Å². The molecule has 1 atom stereocenters. The highest BCUT2D eigenvalue weighted by atomic mass is 32.2. The summed E-state index contributed by atoms with van der Waals surface area (Å²) in [7, 11) is 1.62. The van der Waals surface area contributed by atoms with E-state index < -0.39 is 0 Å². The van der Waals surface area contributed by atoms with Gasteiger partial charge in [-0.1, -0.05) is 16.9 Å². The zero-order valence-corrected chi connectivity index (χ0v) is 13.1. The number of aromatic nitrogens is 4. The minimum Gasteiger partial charge on any atom is -0.497 e. The third kappa shape index (κ3) is 3.11. The molecule has 1 aromatic carbocycles. The topological polar surface area (TPSA) is 87.1 Å². The molecule has 3 aromatic rings. The van der Waals surface area contributed by atoms with E-state index in [1.54, 1.807) is 14.0 Å². The van der Waals surface area contributed by atoms with Gasteiger partial charge in [-0.05, 0) is 38.1 Å². The SMILES string of the molecule is COc1ccc(-c2nnc(SC(C)c3nc(C)no3)o2)cc1. The lowest BCUT2D eigenvalue weighted by atomic mass is 10.2. The van der Waals surface area contributed by atoms with E-state index >= 15 is 0 Å². The molecule has 114 valence electrons. The molecule has 0 aliphatic heterocycles. The molecule has 22 heavy (non-hydrogen) atoms. The summed E-state index contributed by atoms with van der Waals surface area (Å²) in [6.45, 7) is 3.72. The highest BCUT2D eigenvalue weighted by molar-refractivity contribution is 7.99. The number of aryl methyl sites for hydroxylation is 1. The lowest BCUT2D eigenvalue weighted by Gasteiger charge is -2.01. The van der Waals surface area contributed by atoms with E-state index in [0.717, 1.165) is 11.3 Å². The fourth-order valence-electron chi connectivity index (χ4n) is 1.79. The van der Waals surface area contributed by atoms with Crippen molar-refractivity contribution in [1.29, 1.82) is 0 Å². The average Bonchev–Trinajstić information content (AvgIpc) is 3.16. The molecule has 0 saturated heterocycles. The van der Waals surface area contributed by atoms with E-state index in [4.69, 9.17) is 13.7 Å². The quantitative estimate of drug-likeness (QED) is 0.662. The van der Waals surface area contributed by atoms with Crippen LogP contribution in [0.2, 0.25) is 0 Å². The van der Waals surface area contributed by atoms with Crippen LogP contribution in [0.25, 0.3) is 11.5 Å². The Kier molecular flexibility index (Phi) is 4.10. The molecule has 0 amide bonds. The number of hydrogen-bond donors (Lipinski definition) is 0. The van der Waals surface area contributed by atoms with Gasteiger partial charge in [0.15, 0.2) is 5.82 Å². The third-order valence-electron chi connectivity index (χ3n) is 2.91. The third-order valence-corrected chi connectivity index (χ3v) is 3.83. The maximum atomic E-state index is 5.65. The maximum Gasteiger partial charge on any atom is 0.277 e. The van der Waals surface area contributed by atoms with E-state index in [1.165, 1.54) is 11.8 Å². The molecule has 0 radical (unpaired) electrons. The predicted molar refractivity (Wildman–Crippen MR) is 79.6 cm³/mol. The number of ether oxygens (including phenoxy) is 1. The van der Waals surface area contributed by atoms with Crippen molar-refractivity contribution >= 4 is 11.8 Å². The fraction of sp³-hybridized carbons (Fsp3) is 0.286. The first-order valence-corrected chi connectivity index (χ1v) is 7.48. The lowest BCUT2D eigenvalue weighted by Crippen LogP contribution is -1.88. The Balaban J connectivity index is 1.72. The van der Waals surface area contributed by atoms with Gasteiger partial charge < -0.3 is 13.7 Å². The first-order valence-electron chi connectivity index (χ1n) is 6.60. The largest absolute Gasteiger partial charge is 0.497 e. The summed E-state index contributed by atoms with van der Waals surface area (Å²) in [5.41, 5.74) is 0.835. The summed E-state index contributed by atoms with van der Waals surface area (Å²) in [5, 5.41) is 12.2. The Hall–Kier alpha value is -2.35. The first-order chi connectivity index (χ1) is 10.7. The molecule has 0 spiro atoms. The van der Waals surface area contributed by atoms with Crippen molar-refractivity contribution in [3.05, 3.63) is 36.0 Å². The average molecular weight is 318 g/mol. The van der Waals surface area contributed by atoms with Gasteiger partial charge in [0.25, 0.3) is 5.22 Å². The van der Waals surface area contributed by atoms with Crippen molar-refractivity contribution in [2.24, 2.45) is 0 Å². The van der Waals surface area contributed by atoms with Crippen LogP contribution in [0, 0.1) is 6.92 Å². The van der Waals surface area contributed by atoms with E-state index in [1.807, 2.05) is 31.2 Å². The van der Waals surface area contributed by atoms with Gasteiger partial charge in [0.1, 0.15) is 5.75 Å². The molecular formula is C14H14N4O3S. The smallest absolute Gasteiger partial charge is 0.277 e. The van der Waals surface area contributed by atoms with Gasteiger partial charge in [-0.25, -0.2) is 0 Å². The molecule has 0 aliphatic rings. The highest BCUT2D eigenvalue weighted by Gasteiger charge is 2.18. The minimum absolute atomic E-state index is 0.0645.